The molecule has 0 saturated heterocycles. The summed E-state index contributed by atoms with van der Waals surface area (Å²) < 4.78 is 23.0. The fraction of sp³-hybridized carbons (Fsp3) is 0.500. The van der Waals surface area contributed by atoms with E-state index in [1.54, 1.807) is 30.0 Å². The molecular weight excluding hydrogens is 333 g/mol. The fourth-order valence-corrected chi connectivity index (χ4v) is 3.82. The van der Waals surface area contributed by atoms with Gasteiger partial charge in [-0.1, -0.05) is 29.3 Å². The molecule has 1 saturated carbocycles. The molecule has 1 aromatic carbocycles. The first-order valence-corrected chi connectivity index (χ1v) is 9.46. The van der Waals surface area contributed by atoms with Crippen LogP contribution in [0.3, 0.4) is 0 Å². The summed E-state index contributed by atoms with van der Waals surface area (Å²) >= 11 is 12.0. The van der Waals surface area contributed by atoms with E-state index in [1.165, 1.54) is 6.26 Å². The Kier molecular flexibility index (Phi) is 4.85. The van der Waals surface area contributed by atoms with Gasteiger partial charge >= 0.3 is 0 Å². The van der Waals surface area contributed by atoms with Crippen LogP contribution in [0.4, 0.5) is 0 Å². The lowest BCUT2D eigenvalue weighted by Crippen LogP contribution is -2.43. The SMILES string of the molecule is CC(CS(C)(=O)=O)N(C(=O)c1cccc(Cl)c1Cl)C1CC1. The molecular formula is C14H17Cl2NO3S. The van der Waals surface area contributed by atoms with Crippen LogP contribution in [0.2, 0.25) is 10.0 Å². The summed E-state index contributed by atoms with van der Waals surface area (Å²) in [7, 11) is -3.16. The van der Waals surface area contributed by atoms with Crippen LogP contribution in [-0.4, -0.2) is 43.3 Å². The molecule has 1 unspecified atom stereocenters. The highest BCUT2D eigenvalue weighted by Gasteiger charge is 2.37. The van der Waals surface area contributed by atoms with Crippen LogP contribution < -0.4 is 0 Å². The Bertz CT molecular complexity index is 656. The van der Waals surface area contributed by atoms with Crippen molar-refractivity contribution in [1.29, 1.82) is 0 Å². The van der Waals surface area contributed by atoms with Crippen LogP contribution in [0.5, 0.6) is 0 Å². The Labute approximate surface area is 134 Å². The van der Waals surface area contributed by atoms with Crippen LogP contribution in [0.25, 0.3) is 0 Å². The Morgan fingerprint density at radius 1 is 1.38 bits per heavy atom. The van der Waals surface area contributed by atoms with E-state index < -0.39 is 15.9 Å². The number of nitrogens with zero attached hydrogens (tertiary/aromatic N) is 1. The van der Waals surface area contributed by atoms with E-state index in [4.69, 9.17) is 23.2 Å². The summed E-state index contributed by atoms with van der Waals surface area (Å²) in [6.45, 7) is 1.75. The van der Waals surface area contributed by atoms with E-state index in [-0.39, 0.29) is 22.7 Å². The molecule has 4 nitrogen and oxygen atoms in total. The lowest BCUT2D eigenvalue weighted by atomic mass is 10.1. The van der Waals surface area contributed by atoms with Crippen molar-refractivity contribution in [1.82, 2.24) is 4.90 Å². The number of benzene rings is 1. The molecule has 1 atom stereocenters. The minimum Gasteiger partial charge on any atom is -0.332 e. The minimum atomic E-state index is -3.16. The quantitative estimate of drug-likeness (QED) is 0.820. The Balaban J connectivity index is 2.30. The van der Waals surface area contributed by atoms with Gasteiger partial charge in [0.25, 0.3) is 5.91 Å². The summed E-state index contributed by atoms with van der Waals surface area (Å²) in [6, 6.07) is 4.58. The van der Waals surface area contributed by atoms with Gasteiger partial charge in [0.1, 0.15) is 9.84 Å². The van der Waals surface area contributed by atoms with E-state index in [1.807, 2.05) is 0 Å². The van der Waals surface area contributed by atoms with Crippen molar-refractivity contribution in [3.8, 4) is 0 Å². The molecule has 1 fully saturated rings. The Morgan fingerprint density at radius 2 is 2.00 bits per heavy atom. The van der Waals surface area contributed by atoms with Gasteiger partial charge in [-0.15, -0.1) is 0 Å². The Hall–Kier alpha value is -0.780. The first kappa shape index (κ1) is 16.6. The molecule has 21 heavy (non-hydrogen) atoms. The van der Waals surface area contributed by atoms with Crippen LogP contribution in [-0.2, 0) is 9.84 Å². The fourth-order valence-electron chi connectivity index (χ4n) is 2.41. The highest BCUT2D eigenvalue weighted by Crippen LogP contribution is 2.33. The van der Waals surface area contributed by atoms with Crippen LogP contribution in [0, 0.1) is 0 Å². The third-order valence-corrected chi connectivity index (χ3v) is 5.28. The molecule has 7 heteroatoms. The minimum absolute atomic E-state index is 0.0621. The number of carbonyl (C=O) groups is 1. The van der Waals surface area contributed by atoms with E-state index in [2.05, 4.69) is 0 Å². The number of sulfone groups is 1. The van der Waals surface area contributed by atoms with Crippen molar-refractivity contribution in [3.05, 3.63) is 33.8 Å². The predicted molar refractivity (Wildman–Crippen MR) is 84.8 cm³/mol. The monoisotopic (exact) mass is 349 g/mol. The lowest BCUT2D eigenvalue weighted by molar-refractivity contribution is 0.0693. The van der Waals surface area contributed by atoms with Gasteiger partial charge in [-0.25, -0.2) is 8.42 Å². The summed E-state index contributed by atoms with van der Waals surface area (Å²) in [4.78, 5) is 14.3. The number of carbonyl (C=O) groups excluding carboxylic acids is 1. The van der Waals surface area contributed by atoms with Crippen LogP contribution in [0.15, 0.2) is 18.2 Å². The number of hydrogen-bond acceptors (Lipinski definition) is 3. The maximum Gasteiger partial charge on any atom is 0.255 e. The van der Waals surface area contributed by atoms with Crippen molar-refractivity contribution in [3.63, 3.8) is 0 Å². The largest absolute Gasteiger partial charge is 0.332 e. The van der Waals surface area contributed by atoms with Gasteiger partial charge < -0.3 is 4.90 Å². The third kappa shape index (κ3) is 4.11. The number of rotatable bonds is 5. The molecule has 0 spiro atoms. The molecule has 2 rings (SSSR count). The van der Waals surface area contributed by atoms with Crippen LogP contribution in [0.1, 0.15) is 30.1 Å². The lowest BCUT2D eigenvalue weighted by Gasteiger charge is -2.29. The molecule has 1 aliphatic carbocycles. The van der Waals surface area contributed by atoms with Gasteiger partial charge in [-0.2, -0.15) is 0 Å². The molecule has 1 amide bonds. The van der Waals surface area contributed by atoms with Crippen molar-refractivity contribution in [2.75, 3.05) is 12.0 Å². The van der Waals surface area contributed by atoms with Crippen molar-refractivity contribution in [2.45, 2.75) is 31.8 Å². The standard InChI is InChI=1S/C14H17Cl2NO3S/c1-9(8-21(2,19)20)17(10-6-7-10)14(18)11-4-3-5-12(15)13(11)16/h3-5,9-10H,6-8H2,1-2H3. The van der Waals surface area contributed by atoms with Gasteiger partial charge in [0, 0.05) is 18.3 Å². The highest BCUT2D eigenvalue weighted by atomic mass is 35.5. The molecule has 0 N–H and O–H groups in total. The Morgan fingerprint density at radius 3 is 2.52 bits per heavy atom. The summed E-state index contributed by atoms with van der Waals surface area (Å²) in [5.74, 6) is -0.325. The average Bonchev–Trinajstić information content (AvgIpc) is 3.15. The van der Waals surface area contributed by atoms with E-state index in [9.17, 15) is 13.2 Å². The predicted octanol–water partition coefficient (Wildman–Crippen LogP) is 3.03. The summed E-state index contributed by atoms with van der Waals surface area (Å²) in [5.41, 5.74) is 0.316. The average molecular weight is 350 g/mol. The molecule has 0 heterocycles. The molecule has 0 aromatic heterocycles. The van der Waals surface area contributed by atoms with E-state index >= 15 is 0 Å². The third-order valence-electron chi connectivity index (χ3n) is 3.38. The number of halogens is 2. The topological polar surface area (TPSA) is 54.5 Å². The zero-order chi connectivity index (χ0) is 15.8. The van der Waals surface area contributed by atoms with Gasteiger partial charge in [0.2, 0.25) is 0 Å². The molecule has 0 aliphatic heterocycles. The number of hydrogen-bond donors (Lipinski definition) is 0. The molecule has 0 bridgehead atoms. The smallest absolute Gasteiger partial charge is 0.255 e. The van der Waals surface area contributed by atoms with Gasteiger partial charge in [-0.3, -0.25) is 4.79 Å². The normalized spacial score (nSPS) is 16.6. The van der Waals surface area contributed by atoms with Gasteiger partial charge in [0.05, 0.1) is 21.4 Å². The maximum atomic E-state index is 12.7. The van der Waals surface area contributed by atoms with Crippen molar-refractivity contribution in [2.24, 2.45) is 0 Å². The molecule has 1 aliphatic rings. The number of amides is 1. The second kappa shape index (κ2) is 6.15. The molecule has 1 aromatic rings. The van der Waals surface area contributed by atoms with Crippen molar-refractivity contribution >= 4 is 38.9 Å². The second-order valence-corrected chi connectivity index (χ2v) is 8.46. The molecule has 116 valence electrons. The van der Waals surface area contributed by atoms with E-state index in [0.29, 0.717) is 10.6 Å². The second-order valence-electron chi connectivity index (χ2n) is 5.49. The first-order chi connectivity index (χ1) is 9.70. The maximum absolute atomic E-state index is 12.7. The first-order valence-electron chi connectivity index (χ1n) is 6.65. The van der Waals surface area contributed by atoms with E-state index in [0.717, 1.165) is 12.8 Å². The van der Waals surface area contributed by atoms with Crippen LogP contribution >= 0.6 is 23.2 Å². The molecule has 0 radical (unpaired) electrons. The van der Waals surface area contributed by atoms with Gasteiger partial charge in [0.15, 0.2) is 0 Å². The van der Waals surface area contributed by atoms with Gasteiger partial charge in [-0.05, 0) is 31.9 Å². The highest BCUT2D eigenvalue weighted by molar-refractivity contribution is 7.90. The van der Waals surface area contributed by atoms with Crippen molar-refractivity contribution < 1.29 is 13.2 Å². The zero-order valence-electron chi connectivity index (χ0n) is 11.8. The zero-order valence-corrected chi connectivity index (χ0v) is 14.2. The summed E-state index contributed by atoms with van der Waals surface area (Å²) in [5, 5.41) is 0.524. The summed E-state index contributed by atoms with van der Waals surface area (Å²) in [6.07, 6.45) is 2.95.